The molecule has 1 aromatic carbocycles. The second-order valence-electron chi connectivity index (χ2n) is 6.95. The number of hydrogen-bond donors (Lipinski definition) is 2. The van der Waals surface area contributed by atoms with Gasteiger partial charge in [0.1, 0.15) is 0 Å². The molecule has 0 spiro atoms. The first kappa shape index (κ1) is 14.4. The molecule has 0 bridgehead atoms. The average molecular weight is 286 g/mol. The summed E-state index contributed by atoms with van der Waals surface area (Å²) >= 11 is 0. The number of benzene rings is 1. The van der Waals surface area contributed by atoms with Crippen LogP contribution in [0.25, 0.3) is 0 Å². The Morgan fingerprint density at radius 3 is 2.29 bits per heavy atom. The van der Waals surface area contributed by atoms with Crippen LogP contribution in [0.4, 0.5) is 5.69 Å². The predicted molar refractivity (Wildman–Crippen MR) is 86.0 cm³/mol. The first-order valence-corrected chi connectivity index (χ1v) is 8.25. The molecule has 114 valence electrons. The quantitative estimate of drug-likeness (QED) is 0.815. The van der Waals surface area contributed by atoms with Crippen molar-refractivity contribution in [1.82, 2.24) is 5.32 Å². The van der Waals surface area contributed by atoms with Crippen molar-refractivity contribution < 1.29 is 4.79 Å². The van der Waals surface area contributed by atoms with Gasteiger partial charge in [0.25, 0.3) is 0 Å². The van der Waals surface area contributed by atoms with Crippen LogP contribution in [0, 0.1) is 5.41 Å². The van der Waals surface area contributed by atoms with Gasteiger partial charge in [-0.3, -0.25) is 4.79 Å². The fraction of sp³-hybridized carbons (Fsp3) is 0.611. The number of anilines is 1. The zero-order chi connectivity index (χ0) is 14.9. The number of nitrogens with two attached hydrogens (primary N) is 1. The summed E-state index contributed by atoms with van der Waals surface area (Å²) < 4.78 is 0. The molecular formula is C18H26N2O. The number of amides is 1. The van der Waals surface area contributed by atoms with Gasteiger partial charge < -0.3 is 11.1 Å². The largest absolute Gasteiger partial charge is 0.399 e. The third-order valence-electron chi connectivity index (χ3n) is 5.69. The smallest absolute Gasteiger partial charge is 0.230 e. The number of rotatable bonds is 5. The second kappa shape index (κ2) is 5.36. The van der Waals surface area contributed by atoms with Crippen molar-refractivity contribution in [3.05, 3.63) is 29.8 Å². The van der Waals surface area contributed by atoms with E-state index in [0.29, 0.717) is 5.41 Å². The molecule has 0 unspecified atom stereocenters. The third kappa shape index (κ3) is 2.66. The van der Waals surface area contributed by atoms with E-state index in [2.05, 4.69) is 12.2 Å². The lowest BCUT2D eigenvalue weighted by Gasteiger charge is -2.29. The Kier molecular flexibility index (Phi) is 3.68. The standard InChI is InChI=1S/C18H26N2O/c1-2-17(9-3-4-10-17)13-20-16(21)18(11-12-18)14-5-7-15(19)8-6-14/h5-8H,2-4,9-13,19H2,1H3,(H,20,21). The van der Waals surface area contributed by atoms with E-state index in [1.165, 1.54) is 32.1 Å². The minimum Gasteiger partial charge on any atom is -0.399 e. The van der Waals surface area contributed by atoms with Crippen LogP contribution >= 0.6 is 0 Å². The highest BCUT2D eigenvalue weighted by molar-refractivity contribution is 5.91. The maximum Gasteiger partial charge on any atom is 0.230 e. The monoisotopic (exact) mass is 286 g/mol. The number of hydrogen-bond acceptors (Lipinski definition) is 2. The molecule has 1 aromatic rings. The molecule has 2 aliphatic rings. The van der Waals surface area contributed by atoms with Gasteiger partial charge in [-0.05, 0) is 55.2 Å². The van der Waals surface area contributed by atoms with Gasteiger partial charge in [-0.1, -0.05) is 31.9 Å². The summed E-state index contributed by atoms with van der Waals surface area (Å²) in [6.45, 7) is 3.10. The molecule has 3 heteroatoms. The Hall–Kier alpha value is -1.51. The topological polar surface area (TPSA) is 55.1 Å². The zero-order valence-electron chi connectivity index (χ0n) is 13.0. The van der Waals surface area contributed by atoms with Gasteiger partial charge in [-0.25, -0.2) is 0 Å². The number of nitrogen functional groups attached to an aromatic ring is 1. The predicted octanol–water partition coefficient (Wildman–Crippen LogP) is 3.39. The Labute approximate surface area is 127 Å². The molecule has 0 aliphatic heterocycles. The Morgan fingerprint density at radius 1 is 1.14 bits per heavy atom. The Balaban J connectivity index is 1.66. The van der Waals surface area contributed by atoms with Crippen molar-refractivity contribution in [2.45, 2.75) is 57.3 Å². The lowest BCUT2D eigenvalue weighted by molar-refractivity contribution is -0.124. The van der Waals surface area contributed by atoms with E-state index in [4.69, 9.17) is 5.73 Å². The molecule has 2 aliphatic carbocycles. The SMILES string of the molecule is CCC1(CNC(=O)C2(c3ccc(N)cc3)CC2)CCCC1. The Morgan fingerprint density at radius 2 is 1.76 bits per heavy atom. The molecule has 3 rings (SSSR count). The molecule has 2 saturated carbocycles. The average Bonchev–Trinajstić information content (AvgIpc) is 3.18. The molecule has 21 heavy (non-hydrogen) atoms. The van der Waals surface area contributed by atoms with Crippen molar-refractivity contribution >= 4 is 11.6 Å². The zero-order valence-corrected chi connectivity index (χ0v) is 13.0. The minimum absolute atomic E-state index is 0.215. The van der Waals surface area contributed by atoms with E-state index in [1.807, 2.05) is 24.3 Å². The number of carbonyl (C=O) groups excluding carboxylic acids is 1. The van der Waals surface area contributed by atoms with Crippen LogP contribution in [0.15, 0.2) is 24.3 Å². The second-order valence-corrected chi connectivity index (χ2v) is 6.95. The van der Waals surface area contributed by atoms with Gasteiger partial charge in [-0.15, -0.1) is 0 Å². The Bertz CT molecular complexity index is 511. The van der Waals surface area contributed by atoms with Crippen molar-refractivity contribution in [2.24, 2.45) is 5.41 Å². The number of nitrogens with one attached hydrogen (secondary N) is 1. The van der Waals surface area contributed by atoms with E-state index in [0.717, 1.165) is 30.6 Å². The van der Waals surface area contributed by atoms with E-state index in [1.54, 1.807) is 0 Å². The van der Waals surface area contributed by atoms with Crippen LogP contribution in [0.1, 0.15) is 57.4 Å². The normalized spacial score (nSPS) is 22.0. The summed E-state index contributed by atoms with van der Waals surface area (Å²) in [5, 5.41) is 3.26. The molecule has 0 atom stereocenters. The van der Waals surface area contributed by atoms with E-state index in [9.17, 15) is 4.79 Å². The van der Waals surface area contributed by atoms with Crippen LogP contribution in [0.2, 0.25) is 0 Å². The van der Waals surface area contributed by atoms with Crippen molar-refractivity contribution in [2.75, 3.05) is 12.3 Å². The van der Waals surface area contributed by atoms with Crippen molar-refractivity contribution in [1.29, 1.82) is 0 Å². The van der Waals surface area contributed by atoms with Gasteiger partial charge in [-0.2, -0.15) is 0 Å². The van der Waals surface area contributed by atoms with Crippen LogP contribution < -0.4 is 11.1 Å². The van der Waals surface area contributed by atoms with E-state index in [-0.39, 0.29) is 11.3 Å². The highest BCUT2D eigenvalue weighted by Gasteiger charge is 2.51. The summed E-state index contributed by atoms with van der Waals surface area (Å²) in [5.74, 6) is 0.215. The lowest BCUT2D eigenvalue weighted by Crippen LogP contribution is -2.41. The maximum absolute atomic E-state index is 12.7. The van der Waals surface area contributed by atoms with Crippen molar-refractivity contribution in [3.63, 3.8) is 0 Å². The molecule has 0 saturated heterocycles. The fourth-order valence-electron chi connectivity index (χ4n) is 3.79. The summed E-state index contributed by atoms with van der Waals surface area (Å²) in [5.41, 5.74) is 7.69. The lowest BCUT2D eigenvalue weighted by atomic mass is 9.83. The molecule has 2 fully saturated rings. The summed E-state index contributed by atoms with van der Waals surface area (Å²) in [6.07, 6.45) is 8.24. The van der Waals surface area contributed by atoms with Crippen LogP contribution in [0.5, 0.6) is 0 Å². The number of carbonyl (C=O) groups is 1. The first-order chi connectivity index (χ1) is 10.1. The molecule has 0 aromatic heterocycles. The maximum atomic E-state index is 12.7. The van der Waals surface area contributed by atoms with Gasteiger partial charge in [0.15, 0.2) is 0 Å². The molecule has 1 amide bonds. The van der Waals surface area contributed by atoms with E-state index >= 15 is 0 Å². The molecular weight excluding hydrogens is 260 g/mol. The fourth-order valence-corrected chi connectivity index (χ4v) is 3.79. The third-order valence-corrected chi connectivity index (χ3v) is 5.69. The molecule has 0 heterocycles. The highest BCUT2D eigenvalue weighted by atomic mass is 16.2. The van der Waals surface area contributed by atoms with Crippen LogP contribution in [-0.4, -0.2) is 12.5 Å². The highest BCUT2D eigenvalue weighted by Crippen LogP contribution is 2.49. The molecule has 0 radical (unpaired) electrons. The van der Waals surface area contributed by atoms with Crippen LogP contribution in [-0.2, 0) is 10.2 Å². The van der Waals surface area contributed by atoms with Crippen molar-refractivity contribution in [3.8, 4) is 0 Å². The summed E-state index contributed by atoms with van der Waals surface area (Å²) in [7, 11) is 0. The first-order valence-electron chi connectivity index (χ1n) is 8.25. The summed E-state index contributed by atoms with van der Waals surface area (Å²) in [6, 6.07) is 7.81. The van der Waals surface area contributed by atoms with Gasteiger partial charge >= 0.3 is 0 Å². The van der Waals surface area contributed by atoms with E-state index < -0.39 is 0 Å². The molecule has 3 nitrogen and oxygen atoms in total. The van der Waals surface area contributed by atoms with Gasteiger partial charge in [0.2, 0.25) is 5.91 Å². The minimum atomic E-state index is -0.277. The summed E-state index contributed by atoms with van der Waals surface area (Å²) in [4.78, 5) is 12.7. The molecule has 3 N–H and O–H groups in total. The van der Waals surface area contributed by atoms with Crippen LogP contribution in [0.3, 0.4) is 0 Å². The van der Waals surface area contributed by atoms with Gasteiger partial charge in [0, 0.05) is 12.2 Å². The van der Waals surface area contributed by atoms with Gasteiger partial charge in [0.05, 0.1) is 5.41 Å².